The molecule has 1 aliphatic carbocycles. The van der Waals surface area contributed by atoms with Gasteiger partial charge >= 0.3 is 0 Å². The molecule has 2 amide bonds. The molecule has 1 aromatic carbocycles. The summed E-state index contributed by atoms with van der Waals surface area (Å²) in [5.41, 5.74) is 0.343. The molecular weight excluding hydrogens is 636 g/mol. The van der Waals surface area contributed by atoms with Gasteiger partial charge in [0.2, 0.25) is 5.88 Å². The van der Waals surface area contributed by atoms with Gasteiger partial charge in [-0.2, -0.15) is 10.2 Å². The van der Waals surface area contributed by atoms with Crippen LogP contribution in [0.2, 0.25) is 0 Å². The second-order valence-corrected chi connectivity index (χ2v) is 12.1. The van der Waals surface area contributed by atoms with E-state index in [0.717, 1.165) is 30.6 Å². The van der Waals surface area contributed by atoms with Crippen LogP contribution in [-0.4, -0.2) is 77.6 Å². The first-order chi connectivity index (χ1) is 23.0. The van der Waals surface area contributed by atoms with Crippen LogP contribution in [0.5, 0.6) is 5.88 Å². The van der Waals surface area contributed by atoms with Crippen molar-refractivity contribution in [3.05, 3.63) is 75.2 Å². The number of anilines is 1. The number of alkyl halides is 4. The fourth-order valence-electron chi connectivity index (χ4n) is 5.73. The van der Waals surface area contributed by atoms with E-state index in [1.165, 1.54) is 41.0 Å². The maximum Gasteiger partial charge on any atom is 0.282 e. The van der Waals surface area contributed by atoms with E-state index >= 15 is 0 Å². The highest BCUT2D eigenvalue weighted by atomic mass is 19.3. The van der Waals surface area contributed by atoms with E-state index < -0.39 is 49.4 Å². The fourth-order valence-corrected chi connectivity index (χ4v) is 5.73. The van der Waals surface area contributed by atoms with Crippen molar-refractivity contribution in [2.24, 2.45) is 0 Å². The van der Waals surface area contributed by atoms with Crippen molar-refractivity contribution >= 4 is 17.6 Å². The summed E-state index contributed by atoms with van der Waals surface area (Å²) >= 11 is 0. The lowest BCUT2D eigenvalue weighted by atomic mass is 9.96. The van der Waals surface area contributed by atoms with Crippen LogP contribution < -0.4 is 20.9 Å². The van der Waals surface area contributed by atoms with Crippen molar-refractivity contribution in [2.75, 3.05) is 38.2 Å². The predicted octanol–water partition coefficient (Wildman–Crippen LogP) is 4.37. The number of hydrogen-bond acceptors (Lipinski definition) is 8. The molecule has 1 saturated carbocycles. The summed E-state index contributed by atoms with van der Waals surface area (Å²) < 4.78 is 65.7. The minimum Gasteiger partial charge on any atom is -0.472 e. The number of pyridine rings is 2. The number of likely N-dealkylation sites (tertiary alicyclic amines) is 1. The average molecular weight is 669 g/mol. The first-order valence-corrected chi connectivity index (χ1v) is 15.5. The Morgan fingerprint density at radius 2 is 1.92 bits per heavy atom. The molecule has 0 unspecified atom stereocenters. The van der Waals surface area contributed by atoms with E-state index in [1.807, 2.05) is 6.07 Å². The minimum absolute atomic E-state index is 0.0309. The van der Waals surface area contributed by atoms with Gasteiger partial charge in [0.1, 0.15) is 11.4 Å². The molecular formula is C33H32F4N6O5. The number of carbonyl (C=O) groups is 2. The van der Waals surface area contributed by atoms with Crippen LogP contribution in [0.15, 0.2) is 47.4 Å². The Morgan fingerprint density at radius 3 is 2.58 bits per heavy atom. The number of nitrogens with one attached hydrogen (secondary N) is 2. The van der Waals surface area contributed by atoms with Gasteiger partial charge in [0.15, 0.2) is 6.61 Å². The summed E-state index contributed by atoms with van der Waals surface area (Å²) in [7, 11) is 0. The van der Waals surface area contributed by atoms with Gasteiger partial charge in [0, 0.05) is 43.6 Å². The zero-order valence-electron chi connectivity index (χ0n) is 25.7. The highest BCUT2D eigenvalue weighted by Gasteiger charge is 2.46. The van der Waals surface area contributed by atoms with E-state index in [9.17, 15) is 37.2 Å². The van der Waals surface area contributed by atoms with Crippen molar-refractivity contribution < 1.29 is 36.6 Å². The highest BCUT2D eigenvalue weighted by Crippen LogP contribution is 2.35. The number of rotatable bonds is 12. The fraction of sp³-hybridized carbons (Fsp3) is 0.424. The SMILES string of the molecule is N#Cc1ccc(-c2cc(NC(=O)c3cc(CNC[C@@H]4CCCO4)cn(C4CC4)c3=O)nc(OCC(F)F)c2)c(C(=O)N2CC(F)(F)C2)c1. The van der Waals surface area contributed by atoms with E-state index in [-0.39, 0.29) is 51.7 Å². The Balaban J connectivity index is 1.31. The molecule has 1 atom stereocenters. The van der Waals surface area contributed by atoms with Gasteiger partial charge in [0.25, 0.3) is 29.7 Å². The maximum absolute atomic E-state index is 13.6. The average Bonchev–Trinajstić information content (AvgIpc) is 3.76. The third kappa shape index (κ3) is 7.66. The topological polar surface area (TPSA) is 139 Å². The number of halogens is 4. The van der Waals surface area contributed by atoms with E-state index in [1.54, 1.807) is 6.20 Å². The van der Waals surface area contributed by atoms with Crippen LogP contribution in [0.4, 0.5) is 23.4 Å². The van der Waals surface area contributed by atoms with Crippen molar-refractivity contribution in [1.82, 2.24) is 19.8 Å². The largest absolute Gasteiger partial charge is 0.472 e. The van der Waals surface area contributed by atoms with Crippen molar-refractivity contribution in [3.63, 3.8) is 0 Å². The number of nitrogens with zero attached hydrogens (tertiary/aromatic N) is 4. The van der Waals surface area contributed by atoms with Gasteiger partial charge in [-0.1, -0.05) is 6.07 Å². The molecule has 0 radical (unpaired) electrons. The summed E-state index contributed by atoms with van der Waals surface area (Å²) in [4.78, 5) is 45.3. The number of amides is 2. The van der Waals surface area contributed by atoms with Crippen LogP contribution in [0.3, 0.4) is 0 Å². The Morgan fingerprint density at radius 1 is 1.12 bits per heavy atom. The van der Waals surface area contributed by atoms with Crippen LogP contribution in [0, 0.1) is 11.3 Å². The number of carbonyl (C=O) groups excluding carboxylic acids is 2. The van der Waals surface area contributed by atoms with Crippen LogP contribution in [-0.2, 0) is 11.3 Å². The molecule has 3 aromatic rings. The number of hydrogen-bond donors (Lipinski definition) is 2. The molecule has 48 heavy (non-hydrogen) atoms. The molecule has 0 bridgehead atoms. The van der Waals surface area contributed by atoms with Gasteiger partial charge in [-0.3, -0.25) is 14.4 Å². The molecule has 11 nitrogen and oxygen atoms in total. The second kappa shape index (κ2) is 13.7. The van der Waals surface area contributed by atoms with Gasteiger partial charge < -0.3 is 29.6 Å². The molecule has 4 heterocycles. The minimum atomic E-state index is -3.04. The van der Waals surface area contributed by atoms with Crippen molar-refractivity contribution in [3.8, 4) is 23.1 Å². The number of nitriles is 1. The second-order valence-electron chi connectivity index (χ2n) is 12.1. The van der Waals surface area contributed by atoms with Gasteiger partial charge in [0.05, 0.1) is 30.8 Å². The first-order valence-electron chi connectivity index (χ1n) is 15.5. The predicted molar refractivity (Wildman–Crippen MR) is 164 cm³/mol. The molecule has 2 saturated heterocycles. The first kappa shape index (κ1) is 33.1. The van der Waals surface area contributed by atoms with E-state index in [2.05, 4.69) is 15.6 Å². The van der Waals surface area contributed by atoms with Gasteiger partial charge in [-0.25, -0.2) is 17.6 Å². The Hall–Kier alpha value is -4.81. The number of benzene rings is 1. The summed E-state index contributed by atoms with van der Waals surface area (Å²) in [5, 5.41) is 15.3. The standard InChI is InChI=1S/C33H32F4N6O5/c34-27(35)16-48-29-11-21(24-6-3-19(12-38)8-25(24)31(45)42-17-33(36,37)18-42)10-28(40-29)41-30(44)26-9-20(13-39-14-23-2-1-7-47-23)15-43(32(26)46)22-4-5-22/h3,6,8-11,15,22-23,27,39H,1-2,4-5,7,13-14,16-18H2,(H,40,41,44)/t23-/m0/s1. The van der Waals surface area contributed by atoms with Gasteiger partial charge in [-0.05, 0) is 66.6 Å². The summed E-state index contributed by atoms with van der Waals surface area (Å²) in [6.45, 7) is -0.923. The van der Waals surface area contributed by atoms with Crippen LogP contribution >= 0.6 is 0 Å². The highest BCUT2D eigenvalue weighted by molar-refractivity contribution is 6.05. The van der Waals surface area contributed by atoms with Crippen molar-refractivity contribution in [1.29, 1.82) is 5.26 Å². The number of aromatic nitrogens is 2. The lowest BCUT2D eigenvalue weighted by Crippen LogP contribution is -2.58. The normalized spacial score (nSPS) is 18.3. The lowest BCUT2D eigenvalue weighted by molar-refractivity contribution is -0.113. The lowest BCUT2D eigenvalue weighted by Gasteiger charge is -2.39. The molecule has 2 aliphatic heterocycles. The molecule has 2 N–H and O–H groups in total. The molecule has 2 aromatic heterocycles. The summed E-state index contributed by atoms with van der Waals surface area (Å²) in [6.07, 6.45) is 2.50. The molecule has 0 spiro atoms. The summed E-state index contributed by atoms with van der Waals surface area (Å²) in [6, 6.07) is 9.99. The van der Waals surface area contributed by atoms with Gasteiger partial charge in [-0.15, -0.1) is 0 Å². The van der Waals surface area contributed by atoms with Crippen LogP contribution in [0.25, 0.3) is 11.1 Å². The quantitative estimate of drug-likeness (QED) is 0.272. The van der Waals surface area contributed by atoms with E-state index in [4.69, 9.17) is 9.47 Å². The zero-order chi connectivity index (χ0) is 34.0. The monoisotopic (exact) mass is 668 g/mol. The Labute approximate surface area is 272 Å². The molecule has 15 heteroatoms. The maximum atomic E-state index is 13.6. The molecule has 252 valence electrons. The van der Waals surface area contributed by atoms with E-state index in [0.29, 0.717) is 25.3 Å². The Kier molecular flexibility index (Phi) is 9.47. The smallest absolute Gasteiger partial charge is 0.282 e. The summed E-state index contributed by atoms with van der Waals surface area (Å²) in [5.74, 6) is -5.12. The molecule has 3 fully saturated rings. The third-order valence-electron chi connectivity index (χ3n) is 8.23. The van der Waals surface area contributed by atoms with Crippen LogP contribution in [0.1, 0.15) is 63.6 Å². The molecule has 3 aliphatic rings. The Bertz CT molecular complexity index is 1810. The molecule has 6 rings (SSSR count). The number of ether oxygens (including phenoxy) is 2. The third-order valence-corrected chi connectivity index (χ3v) is 8.23. The zero-order valence-corrected chi connectivity index (χ0v) is 25.7. The van der Waals surface area contributed by atoms with Crippen molar-refractivity contribution in [2.45, 2.75) is 56.7 Å².